The zero-order chi connectivity index (χ0) is 27.8. The van der Waals surface area contributed by atoms with Crippen molar-refractivity contribution >= 4 is 22.5 Å². The molecule has 0 spiro atoms. The number of ether oxygens (including phenoxy) is 2. The normalized spacial score (nSPS) is 23.1. The van der Waals surface area contributed by atoms with Crippen molar-refractivity contribution in [2.24, 2.45) is 0 Å². The lowest BCUT2D eigenvalue weighted by atomic mass is 9.92. The van der Waals surface area contributed by atoms with Gasteiger partial charge in [-0.25, -0.2) is 0 Å². The number of rotatable bonds is 6. The second-order valence-corrected chi connectivity index (χ2v) is 11.2. The number of carbonyl (C=O) groups is 1. The van der Waals surface area contributed by atoms with Crippen molar-refractivity contribution in [3.63, 3.8) is 0 Å². The van der Waals surface area contributed by atoms with Crippen LogP contribution in [0, 0.1) is 13.3 Å². The van der Waals surface area contributed by atoms with E-state index in [1.807, 2.05) is 4.90 Å². The van der Waals surface area contributed by atoms with Crippen LogP contribution < -0.4 is 9.64 Å². The molecule has 2 fully saturated rings. The summed E-state index contributed by atoms with van der Waals surface area (Å²) in [6.07, 6.45) is 5.22. The van der Waals surface area contributed by atoms with E-state index in [1.54, 1.807) is 0 Å². The van der Waals surface area contributed by atoms with Crippen LogP contribution in [-0.2, 0) is 22.6 Å². The molecule has 0 unspecified atom stereocenters. The summed E-state index contributed by atoms with van der Waals surface area (Å²) in [6, 6.07) is 13.7. The zero-order valence-electron chi connectivity index (χ0n) is 23.7. The lowest BCUT2D eigenvalue weighted by Crippen LogP contribution is -2.54. The molecule has 208 valence electrons. The molecule has 1 aromatic heterocycles. The van der Waals surface area contributed by atoms with Crippen LogP contribution in [0.25, 0.3) is 10.8 Å². The van der Waals surface area contributed by atoms with Crippen LogP contribution in [0.5, 0.6) is 6.01 Å². The fourth-order valence-corrected chi connectivity index (χ4v) is 6.33. The van der Waals surface area contributed by atoms with Gasteiger partial charge in [-0.15, -0.1) is 0 Å². The summed E-state index contributed by atoms with van der Waals surface area (Å²) in [5, 5.41) is 2.47. The first-order valence-electron chi connectivity index (χ1n) is 14.2. The number of benzene rings is 2. The van der Waals surface area contributed by atoms with Crippen molar-refractivity contribution in [2.45, 2.75) is 51.5 Å². The predicted molar refractivity (Wildman–Crippen MR) is 156 cm³/mol. The highest BCUT2D eigenvalue weighted by molar-refractivity contribution is 5.89. The summed E-state index contributed by atoms with van der Waals surface area (Å²) < 4.78 is 12.8. The van der Waals surface area contributed by atoms with Crippen LogP contribution in [0.3, 0.4) is 0 Å². The molecule has 4 heterocycles. The molecule has 8 heteroatoms. The fourth-order valence-electron chi connectivity index (χ4n) is 6.33. The Balaban J connectivity index is 1.33. The summed E-state index contributed by atoms with van der Waals surface area (Å²) in [5.41, 5.74) is 4.43. The Morgan fingerprint density at radius 3 is 2.80 bits per heavy atom. The number of nitrogens with zero attached hydrogens (tertiary/aromatic N) is 5. The fraction of sp³-hybridized carbons (Fsp3) is 0.438. The van der Waals surface area contributed by atoms with E-state index in [9.17, 15) is 4.79 Å². The van der Waals surface area contributed by atoms with Crippen molar-refractivity contribution in [2.75, 3.05) is 44.7 Å². The number of hydrogen-bond donors (Lipinski definition) is 0. The summed E-state index contributed by atoms with van der Waals surface area (Å²) in [4.78, 5) is 28.6. The standard InChI is InChI=1S/C32H38N5O3/c1-5-29(38)36-15-16-37(22(3)18-36)31-26-20-39-28(25-13-7-11-23-10-6-9-21(2)30(23)25)17-27(26)33-32(34-31)40-19-24-12-8-14-35(24)4/h5-11,13,22,24,28H,1,12,14-20H2,2-4H3/q+1/t22-,24-,28+/m0/s1. The summed E-state index contributed by atoms with van der Waals surface area (Å²) in [6.45, 7) is 11.8. The molecule has 0 radical (unpaired) electrons. The molecule has 6 rings (SSSR count). The van der Waals surface area contributed by atoms with Gasteiger partial charge in [0.05, 0.1) is 30.9 Å². The minimum Gasteiger partial charge on any atom is -0.462 e. The quantitative estimate of drug-likeness (QED) is 0.342. The lowest BCUT2D eigenvalue weighted by molar-refractivity contribution is -0.126. The maximum Gasteiger partial charge on any atom is 0.318 e. The van der Waals surface area contributed by atoms with Crippen molar-refractivity contribution in [1.82, 2.24) is 19.8 Å². The number of fused-ring (bicyclic) bond motifs is 2. The van der Waals surface area contributed by atoms with Gasteiger partial charge in [0.15, 0.2) is 0 Å². The largest absolute Gasteiger partial charge is 0.462 e. The number of amides is 1. The first kappa shape index (κ1) is 26.6. The van der Waals surface area contributed by atoms with Gasteiger partial charge in [0.25, 0.3) is 0 Å². The zero-order valence-corrected chi connectivity index (χ0v) is 23.7. The van der Waals surface area contributed by atoms with E-state index in [0.29, 0.717) is 51.3 Å². The predicted octanol–water partition coefficient (Wildman–Crippen LogP) is 4.26. The molecule has 3 atom stereocenters. The Labute approximate surface area is 236 Å². The Hall–Kier alpha value is -3.62. The average molecular weight is 541 g/mol. The smallest absolute Gasteiger partial charge is 0.318 e. The Morgan fingerprint density at radius 1 is 1.23 bits per heavy atom. The Kier molecular flexibility index (Phi) is 7.38. The third kappa shape index (κ3) is 5.02. The monoisotopic (exact) mass is 540 g/mol. The molecule has 0 aliphatic carbocycles. The number of hydrogen-bond acceptors (Lipinski definition) is 7. The molecular formula is C32H38N5O3+. The van der Waals surface area contributed by atoms with Gasteiger partial charge >= 0.3 is 6.01 Å². The van der Waals surface area contributed by atoms with E-state index in [4.69, 9.17) is 19.4 Å². The second kappa shape index (κ2) is 11.1. The molecule has 2 saturated heterocycles. The number of anilines is 1. The molecule has 2 aromatic carbocycles. The topological polar surface area (TPSA) is 71.0 Å². The number of likely N-dealkylation sites (tertiary alicyclic amines) is 1. The van der Waals surface area contributed by atoms with Crippen LogP contribution in [0.4, 0.5) is 5.82 Å². The minimum atomic E-state index is -0.108. The van der Waals surface area contributed by atoms with Crippen molar-refractivity contribution in [3.05, 3.63) is 77.9 Å². The first-order chi connectivity index (χ1) is 19.4. The number of carbonyl (C=O) groups excluding carboxylic acids is 1. The maximum absolute atomic E-state index is 12.3. The molecule has 0 N–H and O–H groups in total. The van der Waals surface area contributed by atoms with Crippen molar-refractivity contribution < 1.29 is 14.3 Å². The number of likely N-dealkylation sites (N-methyl/N-ethyl adjacent to an activating group) is 1. The summed E-state index contributed by atoms with van der Waals surface area (Å²) >= 11 is 0. The van der Waals surface area contributed by atoms with Crippen LogP contribution in [-0.4, -0.2) is 77.6 Å². The van der Waals surface area contributed by atoms with E-state index in [1.165, 1.54) is 28.0 Å². The van der Waals surface area contributed by atoms with E-state index < -0.39 is 0 Å². The Bertz CT molecular complexity index is 1420. The number of aromatic nitrogens is 2. The molecule has 0 bridgehead atoms. The van der Waals surface area contributed by atoms with Crippen LogP contribution in [0.15, 0.2) is 49.1 Å². The molecule has 3 aromatic rings. The van der Waals surface area contributed by atoms with E-state index in [-0.39, 0.29) is 18.1 Å². The van der Waals surface area contributed by atoms with Gasteiger partial charge in [-0.05, 0) is 48.9 Å². The van der Waals surface area contributed by atoms with Gasteiger partial charge in [0, 0.05) is 37.7 Å². The molecule has 1 amide bonds. The third-order valence-corrected chi connectivity index (χ3v) is 8.62. The Morgan fingerprint density at radius 2 is 2.05 bits per heavy atom. The van der Waals surface area contributed by atoms with Crippen LogP contribution >= 0.6 is 0 Å². The third-order valence-electron chi connectivity index (χ3n) is 8.62. The average Bonchev–Trinajstić information content (AvgIpc) is 3.39. The van der Waals surface area contributed by atoms with Crippen LogP contribution in [0.1, 0.15) is 41.8 Å². The molecular weight excluding hydrogens is 502 g/mol. The van der Waals surface area contributed by atoms with E-state index >= 15 is 0 Å². The summed E-state index contributed by atoms with van der Waals surface area (Å²) in [5.74, 6) is 0.825. The van der Waals surface area contributed by atoms with Crippen LogP contribution in [0.2, 0.25) is 0 Å². The van der Waals surface area contributed by atoms with Gasteiger partial charge in [-0.2, -0.15) is 9.97 Å². The van der Waals surface area contributed by atoms with Crippen molar-refractivity contribution in [1.29, 1.82) is 0 Å². The lowest BCUT2D eigenvalue weighted by Gasteiger charge is -2.41. The highest BCUT2D eigenvalue weighted by Gasteiger charge is 2.34. The number of aryl methyl sites for hydroxylation is 1. The minimum absolute atomic E-state index is 0.0331. The van der Waals surface area contributed by atoms with Crippen molar-refractivity contribution in [3.8, 4) is 6.01 Å². The highest BCUT2D eigenvalue weighted by Crippen LogP contribution is 2.39. The van der Waals surface area contributed by atoms with Gasteiger partial charge in [0.1, 0.15) is 25.4 Å². The first-order valence-corrected chi connectivity index (χ1v) is 14.2. The van der Waals surface area contributed by atoms with E-state index in [2.05, 4.69) is 80.1 Å². The van der Waals surface area contributed by atoms with Gasteiger partial charge in [0.2, 0.25) is 5.91 Å². The van der Waals surface area contributed by atoms with Gasteiger partial charge in [-0.3, -0.25) is 9.69 Å². The maximum atomic E-state index is 12.3. The molecule has 40 heavy (non-hydrogen) atoms. The molecule has 8 nitrogen and oxygen atoms in total. The number of piperazine rings is 1. The van der Waals surface area contributed by atoms with Gasteiger partial charge < -0.3 is 19.3 Å². The molecule has 3 aliphatic rings. The SMILES string of the molecule is C=CC(=O)N1CCN(c2nc(OC[C@@H]3C[CH+]CN3C)nc3c2CO[C@@H](c2cccc4cccc(C)c24)C3)[C@@H](C)C1. The van der Waals surface area contributed by atoms with E-state index in [0.717, 1.165) is 30.0 Å². The summed E-state index contributed by atoms with van der Waals surface area (Å²) in [7, 11) is 2.12. The molecule has 3 aliphatic heterocycles. The molecule has 0 saturated carbocycles. The second-order valence-electron chi connectivity index (χ2n) is 11.2. The highest BCUT2D eigenvalue weighted by atomic mass is 16.5. The van der Waals surface area contributed by atoms with Gasteiger partial charge in [-0.1, -0.05) is 43.0 Å².